The molecule has 4 heteroatoms. The number of carbonyl (C=O) groups is 2. The van der Waals surface area contributed by atoms with Gasteiger partial charge in [-0.3, -0.25) is 4.79 Å². The molecule has 90 valence electrons. The van der Waals surface area contributed by atoms with Gasteiger partial charge >= 0.3 is 11.9 Å². The van der Waals surface area contributed by atoms with E-state index in [9.17, 15) is 9.59 Å². The normalized spacial score (nSPS) is 9.25. The molecule has 0 aliphatic rings. The van der Waals surface area contributed by atoms with Crippen LogP contribution >= 0.6 is 0 Å². The summed E-state index contributed by atoms with van der Waals surface area (Å²) in [6.07, 6.45) is 9.93. The topological polar surface area (TPSA) is 52.6 Å². The van der Waals surface area contributed by atoms with Gasteiger partial charge in [-0.1, -0.05) is 19.3 Å². The van der Waals surface area contributed by atoms with Gasteiger partial charge in [0.2, 0.25) is 0 Å². The van der Waals surface area contributed by atoms with Crippen molar-refractivity contribution in [3.05, 3.63) is 0 Å². The molecule has 0 unspecified atom stereocenters. The lowest BCUT2D eigenvalue weighted by Crippen LogP contribution is -2.02. The quantitative estimate of drug-likeness (QED) is 0.273. The van der Waals surface area contributed by atoms with Crippen molar-refractivity contribution in [1.82, 2.24) is 0 Å². The number of hydrogen-bond acceptors (Lipinski definition) is 4. The molecular formula is C12H18O4. The van der Waals surface area contributed by atoms with Gasteiger partial charge in [-0.2, -0.15) is 0 Å². The molecule has 0 saturated heterocycles. The third-order valence-electron chi connectivity index (χ3n) is 2.10. The molecule has 0 radical (unpaired) electrons. The summed E-state index contributed by atoms with van der Waals surface area (Å²) in [6.45, 7) is 0.375. The van der Waals surface area contributed by atoms with Gasteiger partial charge in [-0.05, 0) is 12.8 Å². The molecule has 0 aromatic heterocycles. The first kappa shape index (κ1) is 14.5. The summed E-state index contributed by atoms with van der Waals surface area (Å²) in [6, 6.07) is 0. The van der Waals surface area contributed by atoms with E-state index in [1.807, 2.05) is 5.92 Å². The minimum atomic E-state index is -0.606. The minimum Gasteiger partial charge on any atom is -0.469 e. The van der Waals surface area contributed by atoms with Crippen molar-refractivity contribution in [3.63, 3.8) is 0 Å². The van der Waals surface area contributed by atoms with E-state index in [2.05, 4.69) is 4.74 Å². The molecule has 0 rings (SSSR count). The molecular weight excluding hydrogens is 208 g/mol. The van der Waals surface area contributed by atoms with Crippen molar-refractivity contribution in [2.75, 3.05) is 13.7 Å². The van der Waals surface area contributed by atoms with E-state index >= 15 is 0 Å². The van der Waals surface area contributed by atoms with E-state index in [0.717, 1.165) is 32.1 Å². The first-order valence-corrected chi connectivity index (χ1v) is 5.41. The molecule has 4 nitrogen and oxygen atoms in total. The Bertz CT molecular complexity index is 252. The van der Waals surface area contributed by atoms with E-state index in [-0.39, 0.29) is 5.97 Å². The zero-order valence-corrected chi connectivity index (χ0v) is 9.66. The molecule has 16 heavy (non-hydrogen) atoms. The van der Waals surface area contributed by atoms with Crippen LogP contribution in [0.3, 0.4) is 0 Å². The van der Waals surface area contributed by atoms with Crippen LogP contribution < -0.4 is 0 Å². The fourth-order valence-electron chi connectivity index (χ4n) is 1.21. The summed E-state index contributed by atoms with van der Waals surface area (Å²) in [7, 11) is 1.39. The second-order valence-electron chi connectivity index (χ2n) is 3.37. The molecule has 0 amide bonds. The summed E-state index contributed by atoms with van der Waals surface area (Å²) in [5.41, 5.74) is 0. The standard InChI is InChI=1S/C12H18O4/c1-3-11(13)16-10-8-6-4-5-7-9-12(14)15-2/h1H,4-10H2,2H3. The second-order valence-corrected chi connectivity index (χ2v) is 3.37. The summed E-state index contributed by atoms with van der Waals surface area (Å²) in [5, 5.41) is 0. The van der Waals surface area contributed by atoms with Crippen molar-refractivity contribution >= 4 is 11.9 Å². The second kappa shape index (κ2) is 10.0. The minimum absolute atomic E-state index is 0.164. The van der Waals surface area contributed by atoms with Gasteiger partial charge in [0.1, 0.15) is 0 Å². The SMILES string of the molecule is C#CC(=O)OCCCCCCCC(=O)OC. The van der Waals surface area contributed by atoms with Crippen molar-refractivity contribution < 1.29 is 19.1 Å². The molecule has 0 saturated carbocycles. The average Bonchev–Trinajstić information content (AvgIpc) is 2.31. The first-order valence-electron chi connectivity index (χ1n) is 5.41. The largest absolute Gasteiger partial charge is 0.469 e. The summed E-state index contributed by atoms with van der Waals surface area (Å²) >= 11 is 0. The molecule has 0 bridgehead atoms. The molecule has 0 fully saturated rings. The molecule has 0 aromatic carbocycles. The number of methoxy groups -OCH3 is 1. The zero-order valence-electron chi connectivity index (χ0n) is 9.66. The Morgan fingerprint density at radius 1 is 1.12 bits per heavy atom. The Morgan fingerprint density at radius 2 is 1.75 bits per heavy atom. The Balaban J connectivity index is 3.13. The molecule has 0 aliphatic heterocycles. The first-order chi connectivity index (χ1) is 7.70. The van der Waals surface area contributed by atoms with Crippen LogP contribution in [0.15, 0.2) is 0 Å². The number of terminal acetylenes is 1. The predicted octanol–water partition coefficient (Wildman–Crippen LogP) is 1.68. The highest BCUT2D eigenvalue weighted by molar-refractivity contribution is 5.87. The smallest absolute Gasteiger partial charge is 0.384 e. The van der Waals surface area contributed by atoms with Gasteiger partial charge in [0.25, 0.3) is 0 Å². The van der Waals surface area contributed by atoms with Gasteiger partial charge in [0.05, 0.1) is 13.7 Å². The fraction of sp³-hybridized carbons (Fsp3) is 0.667. The maximum atomic E-state index is 10.8. The maximum absolute atomic E-state index is 10.8. The van der Waals surface area contributed by atoms with Gasteiger partial charge in [0, 0.05) is 12.3 Å². The van der Waals surface area contributed by atoms with Crippen LogP contribution in [0.2, 0.25) is 0 Å². The molecule has 0 heterocycles. The summed E-state index contributed by atoms with van der Waals surface area (Å²) in [4.78, 5) is 21.3. The van der Waals surface area contributed by atoms with E-state index in [1.165, 1.54) is 7.11 Å². The summed E-state index contributed by atoms with van der Waals surface area (Å²) < 4.78 is 9.22. The number of esters is 2. The van der Waals surface area contributed by atoms with E-state index in [4.69, 9.17) is 11.2 Å². The Hall–Kier alpha value is -1.50. The third-order valence-corrected chi connectivity index (χ3v) is 2.10. The number of unbranched alkanes of at least 4 members (excludes halogenated alkanes) is 4. The van der Waals surface area contributed by atoms with Crippen LogP contribution in [0.5, 0.6) is 0 Å². The van der Waals surface area contributed by atoms with Crippen LogP contribution in [-0.4, -0.2) is 25.7 Å². The lowest BCUT2D eigenvalue weighted by molar-refractivity contribution is -0.141. The van der Waals surface area contributed by atoms with Crippen molar-refractivity contribution in [1.29, 1.82) is 0 Å². The highest BCUT2D eigenvalue weighted by atomic mass is 16.5. The number of rotatable bonds is 8. The molecule has 0 aliphatic carbocycles. The highest BCUT2D eigenvalue weighted by Crippen LogP contribution is 2.06. The third kappa shape index (κ3) is 9.07. The maximum Gasteiger partial charge on any atom is 0.384 e. The van der Waals surface area contributed by atoms with Gasteiger partial charge in [0.15, 0.2) is 0 Å². The van der Waals surface area contributed by atoms with Crippen molar-refractivity contribution in [3.8, 4) is 12.3 Å². The van der Waals surface area contributed by atoms with E-state index in [1.54, 1.807) is 0 Å². The molecule has 0 atom stereocenters. The van der Waals surface area contributed by atoms with Crippen LogP contribution in [0, 0.1) is 12.3 Å². The van der Waals surface area contributed by atoms with Crippen LogP contribution in [0.1, 0.15) is 38.5 Å². The number of ether oxygens (including phenoxy) is 2. The predicted molar refractivity (Wildman–Crippen MR) is 59.5 cm³/mol. The van der Waals surface area contributed by atoms with Crippen molar-refractivity contribution in [2.45, 2.75) is 38.5 Å². The lowest BCUT2D eigenvalue weighted by Gasteiger charge is -2.01. The molecule has 0 spiro atoms. The lowest BCUT2D eigenvalue weighted by atomic mass is 10.1. The Kier molecular flexibility index (Phi) is 9.09. The summed E-state index contributed by atoms with van der Waals surface area (Å²) in [5.74, 6) is 1.11. The van der Waals surface area contributed by atoms with Gasteiger partial charge < -0.3 is 9.47 Å². The van der Waals surface area contributed by atoms with E-state index < -0.39 is 5.97 Å². The fourth-order valence-corrected chi connectivity index (χ4v) is 1.21. The van der Waals surface area contributed by atoms with Crippen molar-refractivity contribution in [2.24, 2.45) is 0 Å². The number of hydrogen-bond donors (Lipinski definition) is 0. The van der Waals surface area contributed by atoms with E-state index in [0.29, 0.717) is 13.0 Å². The Labute approximate surface area is 96.3 Å². The van der Waals surface area contributed by atoms with Crippen LogP contribution in [-0.2, 0) is 19.1 Å². The number of carbonyl (C=O) groups excluding carboxylic acids is 2. The van der Waals surface area contributed by atoms with Gasteiger partial charge in [-0.15, -0.1) is 6.42 Å². The zero-order chi connectivity index (χ0) is 12.2. The van der Waals surface area contributed by atoms with Gasteiger partial charge in [-0.25, -0.2) is 4.79 Å². The molecule has 0 N–H and O–H groups in total. The molecule has 0 aromatic rings. The monoisotopic (exact) mass is 226 g/mol. The highest BCUT2D eigenvalue weighted by Gasteiger charge is 1.99. The van der Waals surface area contributed by atoms with Crippen LogP contribution in [0.25, 0.3) is 0 Å². The average molecular weight is 226 g/mol. The Morgan fingerprint density at radius 3 is 2.38 bits per heavy atom. The van der Waals surface area contributed by atoms with Crippen LogP contribution in [0.4, 0.5) is 0 Å².